The molecule has 25 heavy (non-hydrogen) atoms. The zero-order valence-electron chi connectivity index (χ0n) is 15.1. The molecule has 1 amide bonds. The van der Waals surface area contributed by atoms with Crippen LogP contribution in [-0.4, -0.2) is 48.6 Å². The van der Waals surface area contributed by atoms with E-state index in [4.69, 9.17) is 4.74 Å². The van der Waals surface area contributed by atoms with Crippen molar-refractivity contribution in [3.8, 4) is 5.75 Å². The zero-order chi connectivity index (χ0) is 18.3. The first-order valence-electron chi connectivity index (χ1n) is 8.84. The molecule has 0 spiro atoms. The van der Waals surface area contributed by atoms with Crippen LogP contribution in [0, 0.1) is 5.41 Å². The molecule has 1 aliphatic heterocycles. The van der Waals surface area contributed by atoms with Gasteiger partial charge in [0.1, 0.15) is 5.75 Å². The Morgan fingerprint density at radius 2 is 2.04 bits per heavy atom. The van der Waals surface area contributed by atoms with Crippen molar-refractivity contribution in [3.05, 3.63) is 29.8 Å². The molecule has 1 fully saturated rings. The summed E-state index contributed by atoms with van der Waals surface area (Å²) in [4.78, 5) is 25.8. The van der Waals surface area contributed by atoms with Crippen LogP contribution in [0.5, 0.6) is 5.75 Å². The number of methoxy groups -OCH3 is 1. The van der Waals surface area contributed by atoms with E-state index < -0.39 is 11.4 Å². The third kappa shape index (κ3) is 5.19. The van der Waals surface area contributed by atoms with Gasteiger partial charge in [0, 0.05) is 26.1 Å². The van der Waals surface area contributed by atoms with Crippen molar-refractivity contribution in [2.45, 2.75) is 39.2 Å². The monoisotopic (exact) mass is 348 g/mol. The largest absolute Gasteiger partial charge is 0.497 e. The van der Waals surface area contributed by atoms with Gasteiger partial charge < -0.3 is 20.1 Å². The maximum Gasteiger partial charge on any atom is 0.310 e. The Labute approximate surface area is 149 Å². The smallest absolute Gasteiger partial charge is 0.310 e. The van der Waals surface area contributed by atoms with E-state index in [1.165, 1.54) is 0 Å². The molecule has 0 aromatic heterocycles. The Bertz CT molecular complexity index is 588. The minimum atomic E-state index is -0.719. The molecule has 1 saturated heterocycles. The van der Waals surface area contributed by atoms with E-state index in [0.29, 0.717) is 32.5 Å². The number of ether oxygens (including phenoxy) is 1. The van der Waals surface area contributed by atoms with E-state index in [0.717, 1.165) is 30.7 Å². The molecule has 0 aliphatic carbocycles. The molecule has 0 radical (unpaired) electrons. The minimum absolute atomic E-state index is 0.0150. The molecule has 1 atom stereocenters. The Morgan fingerprint density at radius 3 is 2.64 bits per heavy atom. The van der Waals surface area contributed by atoms with E-state index >= 15 is 0 Å². The molecular formula is C19H28N2O4. The van der Waals surface area contributed by atoms with Crippen LogP contribution >= 0.6 is 0 Å². The Hall–Kier alpha value is -2.08. The van der Waals surface area contributed by atoms with E-state index in [9.17, 15) is 14.7 Å². The van der Waals surface area contributed by atoms with Gasteiger partial charge in [0.05, 0.1) is 12.5 Å². The van der Waals surface area contributed by atoms with E-state index in [-0.39, 0.29) is 5.91 Å². The van der Waals surface area contributed by atoms with Crippen LogP contribution in [0.3, 0.4) is 0 Å². The lowest BCUT2D eigenvalue weighted by Gasteiger charge is -2.39. The van der Waals surface area contributed by atoms with Crippen molar-refractivity contribution in [2.24, 2.45) is 5.41 Å². The summed E-state index contributed by atoms with van der Waals surface area (Å²) >= 11 is 0. The van der Waals surface area contributed by atoms with Crippen LogP contribution in [0.1, 0.15) is 38.2 Å². The molecule has 2 N–H and O–H groups in total. The lowest BCUT2D eigenvalue weighted by molar-refractivity contribution is -0.152. The molecule has 1 heterocycles. The summed E-state index contributed by atoms with van der Waals surface area (Å²) in [6.07, 6.45) is 2.60. The molecule has 0 bridgehead atoms. The molecule has 2 rings (SSSR count). The van der Waals surface area contributed by atoms with Crippen molar-refractivity contribution < 1.29 is 19.4 Å². The predicted molar refractivity (Wildman–Crippen MR) is 95.5 cm³/mol. The van der Waals surface area contributed by atoms with Crippen molar-refractivity contribution in [3.63, 3.8) is 0 Å². The van der Waals surface area contributed by atoms with Gasteiger partial charge in [0.2, 0.25) is 5.91 Å². The number of rotatable bonds is 8. The Morgan fingerprint density at radius 1 is 1.32 bits per heavy atom. The first-order valence-corrected chi connectivity index (χ1v) is 8.84. The predicted octanol–water partition coefficient (Wildman–Crippen LogP) is 2.28. The summed E-state index contributed by atoms with van der Waals surface area (Å²) in [7, 11) is 1.62. The topological polar surface area (TPSA) is 78.9 Å². The number of amides is 1. The van der Waals surface area contributed by atoms with E-state index in [1.807, 2.05) is 31.2 Å². The maximum absolute atomic E-state index is 12.1. The number of hydrogen-bond donors (Lipinski definition) is 2. The third-order valence-corrected chi connectivity index (χ3v) is 5.09. The van der Waals surface area contributed by atoms with Crippen LogP contribution in [0.2, 0.25) is 0 Å². The van der Waals surface area contributed by atoms with Gasteiger partial charge in [-0.1, -0.05) is 19.1 Å². The number of nitrogens with one attached hydrogen (secondary N) is 1. The highest BCUT2D eigenvalue weighted by Gasteiger charge is 2.40. The van der Waals surface area contributed by atoms with Gasteiger partial charge in [-0.25, -0.2) is 0 Å². The van der Waals surface area contributed by atoms with Gasteiger partial charge in [-0.15, -0.1) is 0 Å². The first-order chi connectivity index (χ1) is 12.0. The normalized spacial score (nSPS) is 20.9. The fourth-order valence-electron chi connectivity index (χ4n) is 3.32. The van der Waals surface area contributed by atoms with Crippen molar-refractivity contribution in [1.29, 1.82) is 0 Å². The number of carbonyl (C=O) groups is 2. The highest BCUT2D eigenvalue weighted by atomic mass is 16.5. The quantitative estimate of drug-likeness (QED) is 0.753. The van der Waals surface area contributed by atoms with Crippen LogP contribution < -0.4 is 10.1 Å². The second-order valence-corrected chi connectivity index (χ2v) is 6.69. The molecule has 1 unspecified atom stereocenters. The number of piperidine rings is 1. The molecule has 0 saturated carbocycles. The van der Waals surface area contributed by atoms with Gasteiger partial charge in [0.25, 0.3) is 0 Å². The number of likely N-dealkylation sites (tertiary alicyclic amines) is 1. The summed E-state index contributed by atoms with van der Waals surface area (Å²) in [6, 6.07) is 7.58. The van der Waals surface area contributed by atoms with Gasteiger partial charge in [-0.3, -0.25) is 9.59 Å². The van der Waals surface area contributed by atoms with Crippen LogP contribution in [0.25, 0.3) is 0 Å². The molecule has 6 nitrogen and oxygen atoms in total. The fourth-order valence-corrected chi connectivity index (χ4v) is 3.32. The number of nitrogens with zero attached hydrogens (tertiary/aromatic N) is 1. The zero-order valence-corrected chi connectivity index (χ0v) is 15.1. The van der Waals surface area contributed by atoms with Gasteiger partial charge >= 0.3 is 5.97 Å². The maximum atomic E-state index is 12.1. The molecule has 1 aromatic carbocycles. The van der Waals surface area contributed by atoms with Crippen LogP contribution in [0.15, 0.2) is 24.3 Å². The highest BCUT2D eigenvalue weighted by Crippen LogP contribution is 2.33. The summed E-state index contributed by atoms with van der Waals surface area (Å²) in [6.45, 7) is 4.41. The van der Waals surface area contributed by atoms with E-state index in [2.05, 4.69) is 10.2 Å². The minimum Gasteiger partial charge on any atom is -0.497 e. The van der Waals surface area contributed by atoms with Crippen LogP contribution in [0.4, 0.5) is 0 Å². The summed E-state index contributed by atoms with van der Waals surface area (Å²) in [5.41, 5.74) is 0.362. The second kappa shape index (κ2) is 8.85. The molecule has 138 valence electrons. The Balaban J connectivity index is 1.76. The molecule has 1 aromatic rings. The summed E-state index contributed by atoms with van der Waals surface area (Å²) < 4.78 is 5.11. The van der Waals surface area contributed by atoms with Crippen LogP contribution in [-0.2, 0) is 16.1 Å². The standard InChI is InChI=1S/C19H28N2O4/c1-3-19(18(23)24)10-4-11-21(14-19)12-9-17(22)20-13-15-5-7-16(25-2)8-6-15/h5-8H,3-4,9-14H2,1-2H3,(H,20,22)(H,23,24). The average Bonchev–Trinajstić information content (AvgIpc) is 2.65. The van der Waals surface area contributed by atoms with Gasteiger partial charge in [0.15, 0.2) is 0 Å². The summed E-state index contributed by atoms with van der Waals surface area (Å²) in [5.74, 6) is 0.0560. The molecular weight excluding hydrogens is 320 g/mol. The number of benzene rings is 1. The van der Waals surface area contributed by atoms with Crippen molar-refractivity contribution >= 4 is 11.9 Å². The lowest BCUT2D eigenvalue weighted by atomic mass is 9.77. The number of carboxylic acid groups (broad SMARTS) is 1. The number of carbonyl (C=O) groups excluding carboxylic acids is 1. The number of hydrogen-bond acceptors (Lipinski definition) is 4. The summed E-state index contributed by atoms with van der Waals surface area (Å²) in [5, 5.41) is 12.4. The second-order valence-electron chi connectivity index (χ2n) is 6.69. The highest BCUT2D eigenvalue weighted by molar-refractivity contribution is 5.76. The molecule has 1 aliphatic rings. The van der Waals surface area contributed by atoms with Crippen molar-refractivity contribution in [1.82, 2.24) is 10.2 Å². The van der Waals surface area contributed by atoms with Gasteiger partial charge in [-0.2, -0.15) is 0 Å². The third-order valence-electron chi connectivity index (χ3n) is 5.09. The lowest BCUT2D eigenvalue weighted by Crippen LogP contribution is -2.48. The van der Waals surface area contributed by atoms with E-state index in [1.54, 1.807) is 7.11 Å². The SMILES string of the molecule is CCC1(C(=O)O)CCCN(CCC(=O)NCc2ccc(OC)cc2)C1. The Kier molecular flexibility index (Phi) is 6.82. The van der Waals surface area contributed by atoms with Gasteiger partial charge in [-0.05, 0) is 43.5 Å². The van der Waals surface area contributed by atoms with Crippen molar-refractivity contribution in [2.75, 3.05) is 26.7 Å². The fraction of sp³-hybridized carbons (Fsp3) is 0.579. The molecule has 6 heteroatoms. The number of carboxylic acids is 1. The number of aliphatic carboxylic acids is 1. The average molecular weight is 348 g/mol. The first kappa shape index (κ1) is 19.2.